The lowest BCUT2D eigenvalue weighted by Crippen LogP contribution is -2.30. The number of carbonyl (C=O) groups excluding carboxylic acids is 2. The van der Waals surface area contributed by atoms with Gasteiger partial charge in [-0.25, -0.2) is 0 Å². The third-order valence-electron chi connectivity index (χ3n) is 5.76. The standard InChI is InChI=1S/C29H27N3O3S/c1-4-35-24-15-13-23(14-16-24)32-28(34)26(17-21-9-5-19(2)6-10-21)36-29(32)25(18-30)27(33)31-22-11-7-20(3)8-12-22/h5-16,26H,4,17H2,1-3H3,(H,31,33)/b29-25-. The average Bonchev–Trinajstić information content (AvgIpc) is 3.18. The van der Waals surface area contributed by atoms with Crippen molar-refractivity contribution in [1.82, 2.24) is 0 Å². The lowest BCUT2D eigenvalue weighted by atomic mass is 10.1. The summed E-state index contributed by atoms with van der Waals surface area (Å²) < 4.78 is 5.53. The number of nitrogens with one attached hydrogen (secondary N) is 1. The minimum atomic E-state index is -0.552. The lowest BCUT2D eigenvalue weighted by Gasteiger charge is -2.19. The SMILES string of the molecule is CCOc1ccc(N2C(=O)C(Cc3ccc(C)cc3)S/C2=C(/C#N)C(=O)Nc2ccc(C)cc2)cc1. The van der Waals surface area contributed by atoms with Crippen LogP contribution in [0.2, 0.25) is 0 Å². The molecule has 2 amide bonds. The van der Waals surface area contributed by atoms with Gasteiger partial charge >= 0.3 is 0 Å². The van der Waals surface area contributed by atoms with Crippen molar-refractivity contribution in [2.75, 3.05) is 16.8 Å². The van der Waals surface area contributed by atoms with Gasteiger partial charge in [-0.05, 0) is 69.2 Å². The number of nitrogens with zero attached hydrogens (tertiary/aromatic N) is 2. The number of hydrogen-bond acceptors (Lipinski definition) is 5. The Hall–Kier alpha value is -4.02. The largest absolute Gasteiger partial charge is 0.494 e. The van der Waals surface area contributed by atoms with Crippen molar-refractivity contribution in [3.8, 4) is 11.8 Å². The number of ether oxygens (including phenoxy) is 1. The zero-order valence-electron chi connectivity index (χ0n) is 20.4. The molecule has 0 saturated carbocycles. The maximum atomic E-state index is 13.6. The summed E-state index contributed by atoms with van der Waals surface area (Å²) in [6, 6.07) is 24.5. The smallest absolute Gasteiger partial charge is 0.269 e. The van der Waals surface area contributed by atoms with Crippen LogP contribution < -0.4 is 15.0 Å². The normalized spacial score (nSPS) is 16.4. The predicted molar refractivity (Wildman–Crippen MR) is 144 cm³/mol. The number of carbonyl (C=O) groups is 2. The van der Waals surface area contributed by atoms with Crippen molar-refractivity contribution in [3.05, 3.63) is 100 Å². The molecular formula is C29H27N3O3S. The third kappa shape index (κ3) is 5.61. The van der Waals surface area contributed by atoms with Gasteiger partial charge in [0, 0.05) is 11.4 Å². The Bertz CT molecular complexity index is 1320. The number of rotatable bonds is 7. The highest BCUT2D eigenvalue weighted by atomic mass is 32.2. The highest BCUT2D eigenvalue weighted by Gasteiger charge is 2.40. The van der Waals surface area contributed by atoms with Gasteiger partial charge < -0.3 is 10.1 Å². The highest BCUT2D eigenvalue weighted by Crippen LogP contribution is 2.42. The van der Waals surface area contributed by atoms with E-state index in [0.29, 0.717) is 35.2 Å². The van der Waals surface area contributed by atoms with Crippen LogP contribution in [0.3, 0.4) is 0 Å². The van der Waals surface area contributed by atoms with Crippen LogP contribution in [0.15, 0.2) is 83.4 Å². The quantitative estimate of drug-likeness (QED) is 0.331. The van der Waals surface area contributed by atoms with Crippen LogP contribution in [0, 0.1) is 25.2 Å². The summed E-state index contributed by atoms with van der Waals surface area (Å²) in [5, 5.41) is 12.7. The Kier molecular flexibility index (Phi) is 7.77. The molecule has 1 N–H and O–H groups in total. The second-order valence-corrected chi connectivity index (χ2v) is 9.70. The van der Waals surface area contributed by atoms with Gasteiger partial charge in [0.15, 0.2) is 0 Å². The molecule has 0 aromatic heterocycles. The van der Waals surface area contributed by atoms with Gasteiger partial charge in [0.2, 0.25) is 5.91 Å². The molecule has 1 fully saturated rings. The number of benzene rings is 3. The number of thioether (sulfide) groups is 1. The second-order valence-electron chi connectivity index (χ2n) is 8.51. The summed E-state index contributed by atoms with van der Waals surface area (Å²) in [5.74, 6) is -0.0425. The van der Waals surface area contributed by atoms with E-state index in [1.807, 2.05) is 63.2 Å². The Labute approximate surface area is 215 Å². The van der Waals surface area contributed by atoms with E-state index in [0.717, 1.165) is 16.7 Å². The molecule has 182 valence electrons. The first-order valence-corrected chi connectivity index (χ1v) is 12.6. The minimum Gasteiger partial charge on any atom is -0.494 e. The fraction of sp³-hybridized carbons (Fsp3) is 0.207. The highest BCUT2D eigenvalue weighted by molar-refractivity contribution is 8.05. The molecule has 1 saturated heterocycles. The Morgan fingerprint density at radius 1 is 1.00 bits per heavy atom. The Morgan fingerprint density at radius 2 is 1.61 bits per heavy atom. The van der Waals surface area contributed by atoms with Gasteiger partial charge in [0.25, 0.3) is 5.91 Å². The van der Waals surface area contributed by atoms with Gasteiger partial charge in [0.05, 0.1) is 11.9 Å². The van der Waals surface area contributed by atoms with Crippen LogP contribution in [0.1, 0.15) is 23.6 Å². The summed E-state index contributed by atoms with van der Waals surface area (Å²) in [7, 11) is 0. The maximum Gasteiger partial charge on any atom is 0.269 e. The number of aryl methyl sites for hydroxylation is 2. The van der Waals surface area contributed by atoms with Crippen molar-refractivity contribution >= 4 is 35.0 Å². The molecule has 3 aromatic carbocycles. The summed E-state index contributed by atoms with van der Waals surface area (Å²) in [5.41, 5.74) is 4.27. The van der Waals surface area contributed by atoms with Crippen LogP contribution in [-0.2, 0) is 16.0 Å². The van der Waals surface area contributed by atoms with E-state index in [1.165, 1.54) is 16.7 Å². The predicted octanol–water partition coefficient (Wildman–Crippen LogP) is 5.77. The van der Waals surface area contributed by atoms with E-state index in [1.54, 1.807) is 36.4 Å². The van der Waals surface area contributed by atoms with Crippen molar-refractivity contribution < 1.29 is 14.3 Å². The Morgan fingerprint density at radius 3 is 2.19 bits per heavy atom. The first-order valence-electron chi connectivity index (χ1n) is 11.7. The van der Waals surface area contributed by atoms with Crippen LogP contribution in [-0.4, -0.2) is 23.7 Å². The van der Waals surface area contributed by atoms with E-state index in [4.69, 9.17) is 4.74 Å². The zero-order chi connectivity index (χ0) is 25.7. The van der Waals surface area contributed by atoms with Gasteiger partial charge in [-0.15, -0.1) is 0 Å². The fourth-order valence-corrected chi connectivity index (χ4v) is 5.16. The van der Waals surface area contributed by atoms with Crippen LogP contribution in [0.25, 0.3) is 0 Å². The van der Waals surface area contributed by atoms with Crippen LogP contribution >= 0.6 is 11.8 Å². The van der Waals surface area contributed by atoms with Crippen molar-refractivity contribution in [3.63, 3.8) is 0 Å². The molecule has 4 rings (SSSR count). The van der Waals surface area contributed by atoms with Crippen molar-refractivity contribution in [2.24, 2.45) is 0 Å². The summed E-state index contributed by atoms with van der Waals surface area (Å²) in [4.78, 5) is 28.3. The van der Waals surface area contributed by atoms with Gasteiger partial charge in [-0.3, -0.25) is 14.5 Å². The number of nitriles is 1. The molecule has 1 heterocycles. The van der Waals surface area contributed by atoms with E-state index in [-0.39, 0.29) is 11.5 Å². The second kappa shape index (κ2) is 11.1. The van der Waals surface area contributed by atoms with E-state index < -0.39 is 11.2 Å². The van der Waals surface area contributed by atoms with Crippen molar-refractivity contribution in [1.29, 1.82) is 5.26 Å². The third-order valence-corrected chi connectivity index (χ3v) is 7.03. The van der Waals surface area contributed by atoms with Gasteiger partial charge in [0.1, 0.15) is 22.4 Å². The Balaban J connectivity index is 1.70. The summed E-state index contributed by atoms with van der Waals surface area (Å²) in [6.45, 7) is 6.40. The minimum absolute atomic E-state index is 0.103. The molecule has 1 atom stereocenters. The molecule has 1 unspecified atom stereocenters. The molecule has 6 nitrogen and oxygen atoms in total. The van der Waals surface area contributed by atoms with E-state index >= 15 is 0 Å². The summed E-state index contributed by atoms with van der Waals surface area (Å²) >= 11 is 1.25. The fourth-order valence-electron chi connectivity index (χ4n) is 3.85. The molecule has 1 aliphatic rings. The molecule has 7 heteroatoms. The van der Waals surface area contributed by atoms with Crippen LogP contribution in [0.4, 0.5) is 11.4 Å². The molecule has 36 heavy (non-hydrogen) atoms. The average molecular weight is 498 g/mol. The topological polar surface area (TPSA) is 82.4 Å². The molecule has 0 radical (unpaired) electrons. The summed E-state index contributed by atoms with van der Waals surface area (Å²) in [6.07, 6.45) is 0.485. The molecule has 0 spiro atoms. The molecule has 0 bridgehead atoms. The number of anilines is 2. The van der Waals surface area contributed by atoms with E-state index in [2.05, 4.69) is 5.32 Å². The first-order chi connectivity index (χ1) is 17.4. The first kappa shape index (κ1) is 25.1. The molecule has 1 aliphatic heterocycles. The molecule has 0 aliphatic carbocycles. The molecular weight excluding hydrogens is 470 g/mol. The van der Waals surface area contributed by atoms with E-state index in [9.17, 15) is 14.9 Å². The van der Waals surface area contributed by atoms with Gasteiger partial charge in [-0.1, -0.05) is 59.3 Å². The maximum absolute atomic E-state index is 13.6. The molecule has 3 aromatic rings. The monoisotopic (exact) mass is 497 g/mol. The van der Waals surface area contributed by atoms with Crippen LogP contribution in [0.5, 0.6) is 5.75 Å². The number of hydrogen-bond donors (Lipinski definition) is 1. The lowest BCUT2D eigenvalue weighted by molar-refractivity contribution is -0.117. The van der Waals surface area contributed by atoms with Gasteiger partial charge in [-0.2, -0.15) is 5.26 Å². The zero-order valence-corrected chi connectivity index (χ0v) is 21.3. The number of amides is 2. The van der Waals surface area contributed by atoms with Crippen molar-refractivity contribution in [2.45, 2.75) is 32.4 Å².